The first-order valence-corrected chi connectivity index (χ1v) is 3.67. The number of aromatic nitrogens is 5. The Hall–Kier alpha value is -1.56. The highest BCUT2D eigenvalue weighted by Gasteiger charge is 1.99. The van der Waals surface area contributed by atoms with Crippen molar-refractivity contribution >= 4 is 12.2 Å². The van der Waals surface area contributed by atoms with E-state index in [1.165, 1.54) is 6.33 Å². The van der Waals surface area contributed by atoms with Gasteiger partial charge in [-0.25, -0.2) is 9.97 Å². The lowest BCUT2D eigenvalue weighted by Crippen LogP contribution is -1.83. The third-order valence-electron chi connectivity index (χ3n) is 1.34. The normalized spacial score (nSPS) is 10.0. The van der Waals surface area contributed by atoms with Crippen molar-refractivity contribution in [2.24, 2.45) is 0 Å². The number of aromatic amines is 2. The van der Waals surface area contributed by atoms with E-state index in [4.69, 9.17) is 12.2 Å². The number of hydrogen-bond donors (Lipinski definition) is 2. The van der Waals surface area contributed by atoms with Crippen LogP contribution in [0.3, 0.4) is 0 Å². The fourth-order valence-corrected chi connectivity index (χ4v) is 0.971. The molecule has 2 aromatic heterocycles. The van der Waals surface area contributed by atoms with E-state index in [9.17, 15) is 0 Å². The molecule has 0 aliphatic carbocycles. The molecular formula is C6H5N5S. The van der Waals surface area contributed by atoms with Gasteiger partial charge >= 0.3 is 0 Å². The molecule has 0 atom stereocenters. The molecule has 0 aliphatic rings. The highest BCUT2D eigenvalue weighted by atomic mass is 32.1. The molecule has 0 saturated heterocycles. The van der Waals surface area contributed by atoms with Crippen molar-refractivity contribution in [3.05, 3.63) is 23.5 Å². The van der Waals surface area contributed by atoms with Gasteiger partial charge < -0.3 is 0 Å². The molecule has 0 fully saturated rings. The zero-order chi connectivity index (χ0) is 8.39. The maximum Gasteiger partial charge on any atom is 0.213 e. The Morgan fingerprint density at radius 1 is 1.17 bits per heavy atom. The predicted molar refractivity (Wildman–Crippen MR) is 44.8 cm³/mol. The Labute approximate surface area is 72.9 Å². The van der Waals surface area contributed by atoms with Crippen LogP contribution in [0.4, 0.5) is 0 Å². The fraction of sp³-hybridized carbons (Fsp3) is 0. The van der Waals surface area contributed by atoms with Crippen LogP contribution in [-0.4, -0.2) is 25.1 Å². The molecule has 2 aromatic rings. The van der Waals surface area contributed by atoms with Gasteiger partial charge in [0.05, 0.1) is 5.56 Å². The van der Waals surface area contributed by atoms with Crippen molar-refractivity contribution in [3.8, 4) is 11.4 Å². The molecule has 0 radical (unpaired) electrons. The van der Waals surface area contributed by atoms with Gasteiger partial charge in [0.2, 0.25) is 4.77 Å². The van der Waals surface area contributed by atoms with Gasteiger partial charge in [-0.2, -0.15) is 4.98 Å². The van der Waals surface area contributed by atoms with Crippen molar-refractivity contribution in [2.75, 3.05) is 0 Å². The van der Waals surface area contributed by atoms with Gasteiger partial charge in [-0.15, -0.1) is 0 Å². The minimum Gasteiger partial charge on any atom is -0.282 e. The van der Waals surface area contributed by atoms with Gasteiger partial charge in [0.15, 0.2) is 5.82 Å². The molecule has 2 heterocycles. The molecule has 12 heavy (non-hydrogen) atoms. The lowest BCUT2D eigenvalue weighted by Gasteiger charge is -1.90. The number of nitrogens with one attached hydrogen (secondary N) is 2. The SMILES string of the molecule is S=c1nc(-c2cncnc2)[nH][nH]1. The zero-order valence-electron chi connectivity index (χ0n) is 5.98. The van der Waals surface area contributed by atoms with Crippen molar-refractivity contribution < 1.29 is 0 Å². The average molecular weight is 179 g/mol. The Morgan fingerprint density at radius 2 is 1.92 bits per heavy atom. The molecule has 0 aliphatic heterocycles. The molecule has 2 rings (SSSR count). The van der Waals surface area contributed by atoms with E-state index in [0.717, 1.165) is 5.56 Å². The number of H-pyrrole nitrogens is 2. The lowest BCUT2D eigenvalue weighted by atomic mass is 10.3. The van der Waals surface area contributed by atoms with Crippen molar-refractivity contribution in [3.63, 3.8) is 0 Å². The predicted octanol–water partition coefficient (Wildman–Crippen LogP) is 0.924. The van der Waals surface area contributed by atoms with Gasteiger partial charge in [-0.05, 0) is 12.2 Å². The fourth-order valence-electron chi connectivity index (χ4n) is 0.828. The second-order valence-electron chi connectivity index (χ2n) is 2.14. The second kappa shape index (κ2) is 2.82. The van der Waals surface area contributed by atoms with Gasteiger partial charge in [0, 0.05) is 12.4 Å². The highest BCUT2D eigenvalue weighted by molar-refractivity contribution is 7.71. The summed E-state index contributed by atoms with van der Waals surface area (Å²) in [6.45, 7) is 0. The summed E-state index contributed by atoms with van der Waals surface area (Å²) in [5.74, 6) is 0.653. The third kappa shape index (κ3) is 1.24. The first kappa shape index (κ1) is 7.11. The summed E-state index contributed by atoms with van der Waals surface area (Å²) in [6, 6.07) is 0. The molecule has 60 valence electrons. The summed E-state index contributed by atoms with van der Waals surface area (Å²) in [5, 5.41) is 5.49. The van der Waals surface area contributed by atoms with Crippen LogP contribution in [0.1, 0.15) is 0 Å². The van der Waals surface area contributed by atoms with Crippen molar-refractivity contribution in [2.45, 2.75) is 0 Å². The summed E-state index contributed by atoms with van der Waals surface area (Å²) < 4.78 is 0.425. The van der Waals surface area contributed by atoms with Crippen LogP contribution >= 0.6 is 12.2 Å². The van der Waals surface area contributed by atoms with Crippen LogP contribution in [0.2, 0.25) is 0 Å². The summed E-state index contributed by atoms with van der Waals surface area (Å²) in [7, 11) is 0. The van der Waals surface area contributed by atoms with E-state index in [1.807, 2.05) is 0 Å². The van der Waals surface area contributed by atoms with Crippen LogP contribution in [0, 0.1) is 4.77 Å². The Kier molecular flexibility index (Phi) is 1.67. The minimum atomic E-state index is 0.425. The van der Waals surface area contributed by atoms with Crippen LogP contribution in [-0.2, 0) is 0 Å². The molecule has 2 N–H and O–H groups in total. The quantitative estimate of drug-likeness (QED) is 0.639. The first-order valence-electron chi connectivity index (χ1n) is 3.26. The van der Waals surface area contributed by atoms with Crippen LogP contribution in [0.25, 0.3) is 11.4 Å². The second-order valence-corrected chi connectivity index (χ2v) is 2.53. The van der Waals surface area contributed by atoms with Crippen molar-refractivity contribution in [1.29, 1.82) is 0 Å². The summed E-state index contributed by atoms with van der Waals surface area (Å²) in [5.41, 5.74) is 0.810. The van der Waals surface area contributed by atoms with E-state index in [2.05, 4.69) is 25.1 Å². The Bertz CT molecular complexity index is 417. The summed E-state index contributed by atoms with van der Waals surface area (Å²) in [4.78, 5) is 11.7. The topological polar surface area (TPSA) is 70.2 Å². The van der Waals surface area contributed by atoms with E-state index in [0.29, 0.717) is 10.6 Å². The molecule has 0 aromatic carbocycles. The van der Waals surface area contributed by atoms with Gasteiger partial charge in [0.25, 0.3) is 0 Å². The Balaban J connectivity index is 2.51. The van der Waals surface area contributed by atoms with E-state index in [-0.39, 0.29) is 0 Å². The largest absolute Gasteiger partial charge is 0.282 e. The van der Waals surface area contributed by atoms with E-state index in [1.54, 1.807) is 12.4 Å². The Morgan fingerprint density at radius 3 is 2.50 bits per heavy atom. The average Bonchev–Trinajstić information content (AvgIpc) is 2.54. The van der Waals surface area contributed by atoms with Crippen LogP contribution in [0.15, 0.2) is 18.7 Å². The highest BCUT2D eigenvalue weighted by Crippen LogP contribution is 2.08. The summed E-state index contributed by atoms with van der Waals surface area (Å²) in [6.07, 6.45) is 4.79. The van der Waals surface area contributed by atoms with Crippen LogP contribution < -0.4 is 0 Å². The zero-order valence-corrected chi connectivity index (χ0v) is 6.80. The lowest BCUT2D eigenvalue weighted by molar-refractivity contribution is 1.07. The monoisotopic (exact) mass is 179 g/mol. The van der Waals surface area contributed by atoms with Gasteiger partial charge in [0.1, 0.15) is 6.33 Å². The minimum absolute atomic E-state index is 0.425. The molecule has 6 heteroatoms. The van der Waals surface area contributed by atoms with Gasteiger partial charge in [-0.3, -0.25) is 10.2 Å². The maximum atomic E-state index is 4.79. The molecule has 0 spiro atoms. The third-order valence-corrected chi connectivity index (χ3v) is 1.53. The molecular weight excluding hydrogens is 174 g/mol. The molecule has 0 bridgehead atoms. The molecule has 0 amide bonds. The molecule has 0 unspecified atom stereocenters. The van der Waals surface area contributed by atoms with Crippen molar-refractivity contribution in [1.82, 2.24) is 25.1 Å². The summed E-state index contributed by atoms with van der Waals surface area (Å²) >= 11 is 4.79. The van der Waals surface area contributed by atoms with E-state index >= 15 is 0 Å². The number of hydrogen-bond acceptors (Lipinski definition) is 4. The standard InChI is InChI=1S/C6H5N5S/c12-6-9-5(10-11-6)4-1-7-3-8-2-4/h1-3H,(H2,9,10,11,12). The smallest absolute Gasteiger partial charge is 0.213 e. The van der Waals surface area contributed by atoms with Crippen LogP contribution in [0.5, 0.6) is 0 Å². The molecule has 5 nitrogen and oxygen atoms in total. The molecule has 0 saturated carbocycles. The maximum absolute atomic E-state index is 4.79. The van der Waals surface area contributed by atoms with Gasteiger partial charge in [-0.1, -0.05) is 0 Å². The number of nitrogens with zero attached hydrogens (tertiary/aromatic N) is 3. The van der Waals surface area contributed by atoms with E-state index < -0.39 is 0 Å². The first-order chi connectivity index (χ1) is 5.86. The number of rotatable bonds is 1.